The Morgan fingerprint density at radius 3 is 2.63 bits per heavy atom. The molecule has 0 bridgehead atoms. The van der Waals surface area contributed by atoms with Gasteiger partial charge in [0.1, 0.15) is 11.2 Å². The third-order valence-corrected chi connectivity index (χ3v) is 8.22. The normalized spacial score (nSPS) is 12.8. The van der Waals surface area contributed by atoms with Gasteiger partial charge in [-0.25, -0.2) is 4.79 Å². The molecule has 5 aromatic rings. The van der Waals surface area contributed by atoms with Gasteiger partial charge in [0.25, 0.3) is 17.8 Å². The first-order valence-electron chi connectivity index (χ1n) is 12.8. The van der Waals surface area contributed by atoms with Crippen LogP contribution in [0.3, 0.4) is 0 Å². The monoisotopic (exact) mass is 634 g/mol. The Labute approximate surface area is 247 Å². The number of amides is 2. The second-order valence-corrected chi connectivity index (χ2v) is 10.8. The van der Waals surface area contributed by atoms with E-state index >= 15 is 0 Å². The standard InChI is InChI=1S/C29H24BrClN6O4/c1-32-28-34-22-14-19(8-10-24(22)41-28)37-25(26(38)33-15-17-5-3-2-4-6-17)23-16-35(11-12-36(23)29(37)40)27(39)18-7-9-20(30)21(31)13-18/h2-10,13-14H,11-12,15-16H2,1H3,(H,32,34)(H,33,38). The Balaban J connectivity index is 1.42. The first-order valence-corrected chi connectivity index (χ1v) is 14.0. The van der Waals surface area contributed by atoms with E-state index in [9.17, 15) is 14.4 Å². The maximum atomic E-state index is 13.8. The number of halogens is 2. The number of anilines is 1. The zero-order valence-electron chi connectivity index (χ0n) is 21.9. The van der Waals surface area contributed by atoms with Crippen LogP contribution in [0.1, 0.15) is 32.1 Å². The molecule has 0 unspecified atom stereocenters. The van der Waals surface area contributed by atoms with Gasteiger partial charge in [0.05, 0.1) is 22.9 Å². The molecule has 0 spiro atoms. The second kappa shape index (κ2) is 10.9. The van der Waals surface area contributed by atoms with Crippen molar-refractivity contribution in [3.05, 3.63) is 109 Å². The van der Waals surface area contributed by atoms with Gasteiger partial charge in [0, 0.05) is 36.7 Å². The topological polar surface area (TPSA) is 114 Å². The van der Waals surface area contributed by atoms with E-state index in [0.717, 1.165) is 5.56 Å². The molecular weight excluding hydrogens is 612 g/mol. The van der Waals surface area contributed by atoms with Crippen LogP contribution in [0.5, 0.6) is 0 Å². The molecule has 0 radical (unpaired) electrons. The highest BCUT2D eigenvalue weighted by Gasteiger charge is 2.32. The molecule has 41 heavy (non-hydrogen) atoms. The lowest BCUT2D eigenvalue weighted by Crippen LogP contribution is -2.41. The lowest BCUT2D eigenvalue weighted by molar-refractivity contribution is 0.0706. The van der Waals surface area contributed by atoms with Gasteiger partial charge in [-0.15, -0.1) is 0 Å². The largest absolute Gasteiger partial charge is 0.424 e. The highest BCUT2D eigenvalue weighted by molar-refractivity contribution is 9.10. The Bertz CT molecular complexity index is 1860. The van der Waals surface area contributed by atoms with Crippen molar-refractivity contribution in [3.63, 3.8) is 0 Å². The van der Waals surface area contributed by atoms with Crippen LogP contribution in [0.4, 0.5) is 6.01 Å². The lowest BCUT2D eigenvalue weighted by atomic mass is 10.1. The summed E-state index contributed by atoms with van der Waals surface area (Å²) in [5, 5.41) is 6.23. The van der Waals surface area contributed by atoms with Crippen molar-refractivity contribution in [2.24, 2.45) is 0 Å². The summed E-state index contributed by atoms with van der Waals surface area (Å²) in [6, 6.07) is 20.0. The maximum absolute atomic E-state index is 13.8. The van der Waals surface area contributed by atoms with E-state index < -0.39 is 5.91 Å². The minimum Gasteiger partial charge on any atom is -0.424 e. The number of hydrogen-bond acceptors (Lipinski definition) is 6. The van der Waals surface area contributed by atoms with E-state index in [4.69, 9.17) is 16.0 Å². The Morgan fingerprint density at radius 2 is 1.88 bits per heavy atom. The zero-order valence-corrected chi connectivity index (χ0v) is 24.2. The van der Waals surface area contributed by atoms with Gasteiger partial charge in [-0.1, -0.05) is 41.9 Å². The van der Waals surface area contributed by atoms with Crippen LogP contribution in [-0.4, -0.2) is 44.4 Å². The van der Waals surface area contributed by atoms with Crippen molar-refractivity contribution < 1.29 is 14.0 Å². The predicted octanol–water partition coefficient (Wildman–Crippen LogP) is 4.82. The molecule has 3 heterocycles. The van der Waals surface area contributed by atoms with Crippen LogP contribution in [0, 0.1) is 0 Å². The van der Waals surface area contributed by atoms with Crippen LogP contribution in [0.2, 0.25) is 5.02 Å². The van der Waals surface area contributed by atoms with E-state index in [-0.39, 0.29) is 36.9 Å². The minimum absolute atomic E-state index is 0.0684. The molecule has 12 heteroatoms. The van der Waals surface area contributed by atoms with Crippen molar-refractivity contribution in [1.82, 2.24) is 24.3 Å². The van der Waals surface area contributed by atoms with Gasteiger partial charge < -0.3 is 20.0 Å². The highest BCUT2D eigenvalue weighted by Crippen LogP contribution is 2.27. The fraction of sp³-hybridized carbons (Fsp3) is 0.172. The van der Waals surface area contributed by atoms with Crippen LogP contribution in [0.15, 0.2) is 80.4 Å². The molecular formula is C29H24BrClN6O4. The van der Waals surface area contributed by atoms with Crippen molar-refractivity contribution in [3.8, 4) is 5.69 Å². The summed E-state index contributed by atoms with van der Waals surface area (Å²) in [5.41, 5.74) is 3.09. The Morgan fingerprint density at radius 1 is 1.07 bits per heavy atom. The van der Waals surface area contributed by atoms with Gasteiger partial charge in [0.2, 0.25) is 0 Å². The lowest BCUT2D eigenvalue weighted by Gasteiger charge is -2.28. The molecule has 2 amide bonds. The van der Waals surface area contributed by atoms with Gasteiger partial charge >= 0.3 is 5.69 Å². The number of aromatic nitrogens is 3. The molecule has 0 aliphatic carbocycles. The minimum atomic E-state index is -0.433. The van der Waals surface area contributed by atoms with E-state index in [0.29, 0.717) is 50.1 Å². The number of benzene rings is 3. The molecule has 1 aliphatic rings. The van der Waals surface area contributed by atoms with Crippen LogP contribution >= 0.6 is 27.5 Å². The number of rotatable bonds is 6. The third kappa shape index (κ3) is 5.02. The molecule has 2 N–H and O–H groups in total. The molecule has 6 rings (SSSR count). The average Bonchev–Trinajstić information content (AvgIpc) is 3.55. The fourth-order valence-electron chi connectivity index (χ4n) is 4.94. The Kier molecular flexibility index (Phi) is 7.14. The third-order valence-electron chi connectivity index (χ3n) is 6.99. The smallest absolute Gasteiger partial charge is 0.333 e. The number of carbonyl (C=O) groups is 2. The molecule has 0 atom stereocenters. The van der Waals surface area contributed by atoms with E-state index in [1.165, 1.54) is 4.57 Å². The number of hydrogen-bond donors (Lipinski definition) is 2. The van der Waals surface area contributed by atoms with Crippen LogP contribution in [0.25, 0.3) is 16.8 Å². The molecule has 2 aromatic heterocycles. The summed E-state index contributed by atoms with van der Waals surface area (Å²) in [4.78, 5) is 47.0. The summed E-state index contributed by atoms with van der Waals surface area (Å²) in [5.74, 6) is -0.679. The number of oxazole rings is 1. The molecule has 0 fully saturated rings. The molecule has 10 nitrogen and oxygen atoms in total. The number of nitrogens with zero attached hydrogens (tertiary/aromatic N) is 4. The number of carbonyl (C=O) groups excluding carboxylic acids is 2. The quantitative estimate of drug-likeness (QED) is 0.277. The predicted molar refractivity (Wildman–Crippen MR) is 159 cm³/mol. The average molecular weight is 636 g/mol. The molecule has 3 aromatic carbocycles. The van der Waals surface area contributed by atoms with Gasteiger partial charge in [-0.3, -0.25) is 18.7 Å². The summed E-state index contributed by atoms with van der Waals surface area (Å²) < 4.78 is 9.26. The van der Waals surface area contributed by atoms with Crippen molar-refractivity contribution in [1.29, 1.82) is 0 Å². The highest BCUT2D eigenvalue weighted by atomic mass is 79.9. The number of imidazole rings is 1. The van der Waals surface area contributed by atoms with Gasteiger partial charge in [0.15, 0.2) is 5.58 Å². The Hall–Kier alpha value is -4.35. The second-order valence-electron chi connectivity index (χ2n) is 9.51. The van der Waals surface area contributed by atoms with E-state index in [1.807, 2.05) is 30.3 Å². The van der Waals surface area contributed by atoms with Crippen LogP contribution in [-0.2, 0) is 19.6 Å². The number of nitrogens with one attached hydrogen (secondary N) is 2. The summed E-state index contributed by atoms with van der Waals surface area (Å²) in [6.45, 7) is 0.861. The molecule has 1 aliphatic heterocycles. The zero-order chi connectivity index (χ0) is 28.7. The maximum Gasteiger partial charge on any atom is 0.333 e. The van der Waals surface area contributed by atoms with Gasteiger partial charge in [-0.05, 0) is 57.9 Å². The van der Waals surface area contributed by atoms with Crippen LogP contribution < -0.4 is 16.3 Å². The fourth-order valence-corrected chi connectivity index (χ4v) is 5.37. The van der Waals surface area contributed by atoms with Crippen molar-refractivity contribution >= 4 is 56.5 Å². The molecule has 0 saturated heterocycles. The summed E-state index contributed by atoms with van der Waals surface area (Å²) in [6.07, 6.45) is 0. The van der Waals surface area contributed by atoms with E-state index in [1.54, 1.807) is 52.9 Å². The SMILES string of the molecule is CNc1nc2cc(-n3c(C(=O)NCc4ccccc4)c4n(c3=O)CCN(C(=O)c3ccc(Br)c(Cl)c3)C4)ccc2o1. The van der Waals surface area contributed by atoms with Gasteiger partial charge in [-0.2, -0.15) is 4.98 Å². The number of fused-ring (bicyclic) bond motifs is 2. The molecule has 0 saturated carbocycles. The first kappa shape index (κ1) is 26.9. The summed E-state index contributed by atoms with van der Waals surface area (Å²) >= 11 is 9.59. The summed E-state index contributed by atoms with van der Waals surface area (Å²) in [7, 11) is 1.70. The molecule has 208 valence electrons. The first-order chi connectivity index (χ1) is 19.8. The van der Waals surface area contributed by atoms with Crippen molar-refractivity contribution in [2.75, 3.05) is 18.9 Å². The van der Waals surface area contributed by atoms with Crippen molar-refractivity contribution in [2.45, 2.75) is 19.6 Å². The van der Waals surface area contributed by atoms with E-state index in [2.05, 4.69) is 31.5 Å².